The SMILES string of the molecule is CCCCCCCCC(OC(OC)OC)c1ccccc1. The highest BCUT2D eigenvalue weighted by Crippen LogP contribution is 2.26. The molecule has 0 aliphatic rings. The quantitative estimate of drug-likeness (QED) is 0.398. The minimum Gasteiger partial charge on any atom is -0.333 e. The van der Waals surface area contributed by atoms with Gasteiger partial charge in [-0.3, -0.25) is 0 Å². The van der Waals surface area contributed by atoms with Crippen LogP contribution in [0.1, 0.15) is 63.5 Å². The zero-order valence-corrected chi connectivity index (χ0v) is 13.7. The minimum atomic E-state index is -0.602. The van der Waals surface area contributed by atoms with Crippen LogP contribution in [0.2, 0.25) is 0 Å². The number of benzene rings is 1. The van der Waals surface area contributed by atoms with Crippen LogP contribution in [0, 0.1) is 0 Å². The summed E-state index contributed by atoms with van der Waals surface area (Å²) < 4.78 is 16.3. The van der Waals surface area contributed by atoms with Crippen molar-refractivity contribution in [3.8, 4) is 0 Å². The summed E-state index contributed by atoms with van der Waals surface area (Å²) in [7, 11) is 3.20. The summed E-state index contributed by atoms with van der Waals surface area (Å²) >= 11 is 0. The standard InChI is InChI=1S/C18H30O3/c1-4-5-6-7-8-12-15-17(21-18(19-2)20-3)16-13-10-9-11-14-16/h9-11,13-14,17-18H,4-8,12,15H2,1-3H3. The molecule has 0 aliphatic heterocycles. The Bertz CT molecular complexity index is 336. The molecule has 3 nitrogen and oxygen atoms in total. The van der Waals surface area contributed by atoms with Gasteiger partial charge in [-0.25, -0.2) is 0 Å². The molecule has 0 radical (unpaired) electrons. The molecule has 0 aliphatic carbocycles. The lowest BCUT2D eigenvalue weighted by molar-refractivity contribution is -0.286. The fourth-order valence-electron chi connectivity index (χ4n) is 2.43. The van der Waals surface area contributed by atoms with Crippen LogP contribution in [0.15, 0.2) is 30.3 Å². The Labute approximate surface area is 129 Å². The number of rotatable bonds is 12. The minimum absolute atomic E-state index is 0.0299. The van der Waals surface area contributed by atoms with E-state index in [9.17, 15) is 0 Å². The fourth-order valence-corrected chi connectivity index (χ4v) is 2.43. The van der Waals surface area contributed by atoms with Gasteiger partial charge in [-0.1, -0.05) is 75.8 Å². The van der Waals surface area contributed by atoms with Crippen LogP contribution in [0.4, 0.5) is 0 Å². The first-order chi connectivity index (χ1) is 10.3. The number of hydrogen-bond acceptors (Lipinski definition) is 3. The molecule has 21 heavy (non-hydrogen) atoms. The van der Waals surface area contributed by atoms with E-state index in [1.54, 1.807) is 14.2 Å². The summed E-state index contributed by atoms with van der Waals surface area (Å²) in [5.74, 6) is 0. The maximum atomic E-state index is 5.92. The summed E-state index contributed by atoms with van der Waals surface area (Å²) in [6, 6.07) is 10.3. The molecule has 1 unspecified atom stereocenters. The van der Waals surface area contributed by atoms with Gasteiger partial charge in [0.1, 0.15) is 0 Å². The van der Waals surface area contributed by atoms with Crippen molar-refractivity contribution in [3.05, 3.63) is 35.9 Å². The molecule has 1 aromatic carbocycles. The Morgan fingerprint density at radius 2 is 1.48 bits per heavy atom. The van der Waals surface area contributed by atoms with E-state index in [-0.39, 0.29) is 6.10 Å². The Kier molecular flexibility index (Phi) is 10.1. The zero-order chi connectivity index (χ0) is 15.3. The van der Waals surface area contributed by atoms with Crippen LogP contribution in [-0.4, -0.2) is 20.7 Å². The summed E-state index contributed by atoms with van der Waals surface area (Å²) in [6.07, 6.45) is 8.74. The average molecular weight is 294 g/mol. The largest absolute Gasteiger partial charge is 0.333 e. The van der Waals surface area contributed by atoms with Crippen molar-refractivity contribution in [3.63, 3.8) is 0 Å². The molecule has 1 rings (SSSR count). The number of hydrogen-bond donors (Lipinski definition) is 0. The summed E-state index contributed by atoms with van der Waals surface area (Å²) in [5, 5.41) is 0. The fraction of sp³-hybridized carbons (Fsp3) is 0.667. The Morgan fingerprint density at radius 3 is 2.10 bits per heavy atom. The van der Waals surface area contributed by atoms with E-state index in [0.29, 0.717) is 0 Å². The lowest BCUT2D eigenvalue weighted by Gasteiger charge is -2.23. The molecule has 120 valence electrons. The van der Waals surface area contributed by atoms with Gasteiger partial charge in [0, 0.05) is 14.2 Å². The van der Waals surface area contributed by atoms with E-state index >= 15 is 0 Å². The highest BCUT2D eigenvalue weighted by Gasteiger charge is 2.17. The van der Waals surface area contributed by atoms with E-state index in [4.69, 9.17) is 14.2 Å². The van der Waals surface area contributed by atoms with E-state index in [1.165, 1.54) is 44.1 Å². The third-order valence-electron chi connectivity index (χ3n) is 3.65. The van der Waals surface area contributed by atoms with Gasteiger partial charge in [-0.05, 0) is 12.0 Å². The van der Waals surface area contributed by atoms with Gasteiger partial charge in [0.25, 0.3) is 6.48 Å². The van der Waals surface area contributed by atoms with E-state index in [2.05, 4.69) is 19.1 Å². The van der Waals surface area contributed by atoms with Crippen LogP contribution >= 0.6 is 0 Å². The number of unbranched alkanes of at least 4 members (excludes halogenated alkanes) is 5. The molecular formula is C18H30O3. The topological polar surface area (TPSA) is 27.7 Å². The van der Waals surface area contributed by atoms with Gasteiger partial charge >= 0.3 is 0 Å². The molecule has 0 N–H and O–H groups in total. The highest BCUT2D eigenvalue weighted by molar-refractivity contribution is 5.17. The third-order valence-corrected chi connectivity index (χ3v) is 3.65. The van der Waals surface area contributed by atoms with Crippen LogP contribution in [0.5, 0.6) is 0 Å². The molecule has 1 atom stereocenters. The Balaban J connectivity index is 2.45. The van der Waals surface area contributed by atoms with Crippen LogP contribution in [0.25, 0.3) is 0 Å². The first kappa shape index (κ1) is 18.1. The van der Waals surface area contributed by atoms with Crippen molar-refractivity contribution in [2.75, 3.05) is 14.2 Å². The van der Waals surface area contributed by atoms with E-state index in [1.807, 2.05) is 18.2 Å². The molecule has 3 heteroatoms. The molecule has 0 fully saturated rings. The molecule has 0 amide bonds. The number of methoxy groups -OCH3 is 2. The van der Waals surface area contributed by atoms with Crippen molar-refractivity contribution in [1.29, 1.82) is 0 Å². The van der Waals surface area contributed by atoms with Crippen molar-refractivity contribution >= 4 is 0 Å². The average Bonchev–Trinajstić information content (AvgIpc) is 2.54. The predicted octanol–water partition coefficient (Wildman–Crippen LogP) is 5.07. The van der Waals surface area contributed by atoms with Crippen molar-refractivity contribution < 1.29 is 14.2 Å². The van der Waals surface area contributed by atoms with Crippen molar-refractivity contribution in [1.82, 2.24) is 0 Å². The van der Waals surface area contributed by atoms with E-state index < -0.39 is 6.48 Å². The summed E-state index contributed by atoms with van der Waals surface area (Å²) in [5.41, 5.74) is 1.19. The van der Waals surface area contributed by atoms with Gasteiger partial charge in [-0.15, -0.1) is 0 Å². The molecule has 0 aromatic heterocycles. The van der Waals surface area contributed by atoms with Crippen LogP contribution in [-0.2, 0) is 14.2 Å². The molecular weight excluding hydrogens is 264 g/mol. The Hall–Kier alpha value is -0.900. The van der Waals surface area contributed by atoms with Crippen LogP contribution < -0.4 is 0 Å². The van der Waals surface area contributed by atoms with Crippen LogP contribution in [0.3, 0.4) is 0 Å². The van der Waals surface area contributed by atoms with Gasteiger partial charge < -0.3 is 14.2 Å². The summed E-state index contributed by atoms with van der Waals surface area (Å²) in [6.45, 7) is 1.64. The molecule has 0 spiro atoms. The second-order valence-corrected chi connectivity index (χ2v) is 5.35. The predicted molar refractivity (Wildman–Crippen MR) is 86.1 cm³/mol. The first-order valence-corrected chi connectivity index (χ1v) is 8.07. The maximum Gasteiger partial charge on any atom is 0.271 e. The monoisotopic (exact) mass is 294 g/mol. The first-order valence-electron chi connectivity index (χ1n) is 8.07. The molecule has 0 saturated carbocycles. The zero-order valence-electron chi connectivity index (χ0n) is 13.7. The van der Waals surface area contributed by atoms with Crippen molar-refractivity contribution in [2.24, 2.45) is 0 Å². The van der Waals surface area contributed by atoms with E-state index in [0.717, 1.165) is 6.42 Å². The smallest absolute Gasteiger partial charge is 0.271 e. The van der Waals surface area contributed by atoms with Gasteiger partial charge in [0.15, 0.2) is 0 Å². The van der Waals surface area contributed by atoms with Gasteiger partial charge in [0.2, 0.25) is 0 Å². The maximum absolute atomic E-state index is 5.92. The highest BCUT2D eigenvalue weighted by atomic mass is 16.8. The lowest BCUT2D eigenvalue weighted by Crippen LogP contribution is -2.20. The van der Waals surface area contributed by atoms with Gasteiger partial charge in [-0.2, -0.15) is 0 Å². The molecule has 1 aromatic rings. The lowest BCUT2D eigenvalue weighted by atomic mass is 10.0. The van der Waals surface area contributed by atoms with Crippen molar-refractivity contribution in [2.45, 2.75) is 64.4 Å². The molecule has 0 heterocycles. The second kappa shape index (κ2) is 11.7. The second-order valence-electron chi connectivity index (χ2n) is 5.35. The number of ether oxygens (including phenoxy) is 3. The summed E-state index contributed by atoms with van der Waals surface area (Å²) in [4.78, 5) is 0. The molecule has 0 saturated heterocycles. The molecule has 0 bridgehead atoms. The normalized spacial score (nSPS) is 12.8. The Morgan fingerprint density at radius 1 is 0.857 bits per heavy atom. The van der Waals surface area contributed by atoms with Gasteiger partial charge in [0.05, 0.1) is 6.10 Å². The third kappa shape index (κ3) is 7.60.